The van der Waals surface area contributed by atoms with Crippen LogP contribution in [-0.4, -0.2) is 42.2 Å². The summed E-state index contributed by atoms with van der Waals surface area (Å²) in [6, 6.07) is 0. The van der Waals surface area contributed by atoms with Crippen LogP contribution in [-0.2, 0) is 0 Å². The second kappa shape index (κ2) is 6.35. The van der Waals surface area contributed by atoms with Gasteiger partial charge in [0, 0.05) is 24.7 Å². The highest BCUT2D eigenvalue weighted by molar-refractivity contribution is 7.98. The van der Waals surface area contributed by atoms with Gasteiger partial charge in [0.05, 0.1) is 5.88 Å². The minimum Gasteiger partial charge on any atom is -0.350 e. The molecule has 84 valence electrons. The first kappa shape index (κ1) is 12.8. The molecule has 1 rings (SSSR count). The minimum absolute atomic E-state index is 0.00228. The fourth-order valence-corrected chi connectivity index (χ4v) is 2.38. The van der Waals surface area contributed by atoms with Crippen LogP contribution in [0, 0.1) is 0 Å². The minimum atomic E-state index is -0.113. The van der Waals surface area contributed by atoms with Crippen LogP contribution in [0.1, 0.15) is 10.5 Å². The number of alkyl halides is 1. The zero-order chi connectivity index (χ0) is 11.3. The van der Waals surface area contributed by atoms with Crippen molar-refractivity contribution in [3.8, 4) is 0 Å². The van der Waals surface area contributed by atoms with Crippen molar-refractivity contribution in [1.82, 2.24) is 4.98 Å². The molecule has 1 aromatic heterocycles. The van der Waals surface area contributed by atoms with Gasteiger partial charge < -0.3 is 4.90 Å². The first-order valence-electron chi connectivity index (χ1n) is 4.43. The summed E-state index contributed by atoms with van der Waals surface area (Å²) in [5, 5.41) is 2.63. The van der Waals surface area contributed by atoms with E-state index in [-0.39, 0.29) is 11.7 Å². The van der Waals surface area contributed by atoms with Crippen LogP contribution >= 0.6 is 34.7 Å². The number of aromatic nitrogens is 1. The quantitative estimate of drug-likeness (QED) is 0.583. The number of thioether (sulfide) groups is 1. The maximum atomic E-state index is 11.3. The fourth-order valence-electron chi connectivity index (χ4n) is 0.960. The van der Waals surface area contributed by atoms with Gasteiger partial charge in [0.15, 0.2) is 10.9 Å². The van der Waals surface area contributed by atoms with E-state index in [4.69, 9.17) is 11.6 Å². The molecule has 3 nitrogen and oxygen atoms in total. The molecule has 0 aliphatic rings. The van der Waals surface area contributed by atoms with Gasteiger partial charge in [-0.2, -0.15) is 11.8 Å². The van der Waals surface area contributed by atoms with Crippen molar-refractivity contribution in [3.63, 3.8) is 0 Å². The number of rotatable bonds is 6. The summed E-state index contributed by atoms with van der Waals surface area (Å²) < 4.78 is 0. The lowest BCUT2D eigenvalue weighted by Crippen LogP contribution is -2.20. The lowest BCUT2D eigenvalue weighted by Gasteiger charge is -2.14. The number of halogens is 1. The van der Waals surface area contributed by atoms with E-state index in [1.807, 2.05) is 11.9 Å². The summed E-state index contributed by atoms with van der Waals surface area (Å²) >= 11 is 8.72. The predicted molar refractivity (Wildman–Crippen MR) is 68.8 cm³/mol. The van der Waals surface area contributed by atoms with Crippen molar-refractivity contribution in [2.45, 2.75) is 0 Å². The molecule has 0 atom stereocenters. The monoisotopic (exact) mass is 264 g/mol. The van der Waals surface area contributed by atoms with Crippen LogP contribution < -0.4 is 4.90 Å². The van der Waals surface area contributed by atoms with Crippen molar-refractivity contribution >= 4 is 45.6 Å². The van der Waals surface area contributed by atoms with Crippen LogP contribution in [0.3, 0.4) is 0 Å². The van der Waals surface area contributed by atoms with Gasteiger partial charge in [-0.25, -0.2) is 4.98 Å². The van der Waals surface area contributed by atoms with Crippen LogP contribution in [0.5, 0.6) is 0 Å². The highest BCUT2D eigenvalue weighted by atomic mass is 35.5. The first-order chi connectivity index (χ1) is 7.19. The molecule has 0 radical (unpaired) electrons. The van der Waals surface area contributed by atoms with Gasteiger partial charge >= 0.3 is 0 Å². The molecule has 0 saturated heterocycles. The molecule has 0 amide bonds. The second-order valence-corrected chi connectivity index (χ2v) is 5.08. The van der Waals surface area contributed by atoms with Gasteiger partial charge in [-0.15, -0.1) is 22.9 Å². The fraction of sp³-hybridized carbons (Fsp3) is 0.556. The third kappa shape index (κ3) is 3.66. The number of ketones is 1. The Morgan fingerprint density at radius 3 is 3.07 bits per heavy atom. The molecule has 0 N–H and O–H groups in total. The average Bonchev–Trinajstić information content (AvgIpc) is 2.74. The maximum Gasteiger partial charge on any atom is 0.196 e. The largest absolute Gasteiger partial charge is 0.350 e. The van der Waals surface area contributed by atoms with E-state index in [2.05, 4.69) is 11.2 Å². The summed E-state index contributed by atoms with van der Waals surface area (Å²) in [7, 11) is 1.98. The lowest BCUT2D eigenvalue weighted by atomic mass is 10.3. The van der Waals surface area contributed by atoms with E-state index < -0.39 is 0 Å². The third-order valence-electron chi connectivity index (χ3n) is 1.86. The zero-order valence-corrected chi connectivity index (χ0v) is 11.1. The molecule has 0 aliphatic carbocycles. The van der Waals surface area contributed by atoms with Crippen molar-refractivity contribution in [2.24, 2.45) is 0 Å². The molecule has 15 heavy (non-hydrogen) atoms. The van der Waals surface area contributed by atoms with Gasteiger partial charge in [0.2, 0.25) is 0 Å². The molecule has 6 heteroatoms. The van der Waals surface area contributed by atoms with Crippen molar-refractivity contribution in [2.75, 3.05) is 36.4 Å². The highest BCUT2D eigenvalue weighted by Gasteiger charge is 2.11. The Bertz CT molecular complexity index is 330. The average molecular weight is 265 g/mol. The molecule has 0 bridgehead atoms. The number of Topliss-reactive ketones (excluding diaryl/α,β-unsaturated/α-hetero) is 1. The second-order valence-electron chi connectivity index (χ2n) is 2.99. The van der Waals surface area contributed by atoms with Gasteiger partial charge in [0.1, 0.15) is 5.69 Å². The number of hydrogen-bond donors (Lipinski definition) is 0. The summed E-state index contributed by atoms with van der Waals surface area (Å²) in [5.74, 6) is 0.935. The van der Waals surface area contributed by atoms with E-state index >= 15 is 0 Å². The van der Waals surface area contributed by atoms with Crippen LogP contribution in [0.4, 0.5) is 5.13 Å². The molecule has 0 aliphatic heterocycles. The Morgan fingerprint density at radius 2 is 2.47 bits per heavy atom. The predicted octanol–water partition coefficient (Wildman–Crippen LogP) is 2.36. The van der Waals surface area contributed by atoms with E-state index in [1.165, 1.54) is 11.3 Å². The Kier molecular flexibility index (Phi) is 5.42. The Labute approximate surface area is 103 Å². The van der Waals surface area contributed by atoms with Crippen LogP contribution in [0.15, 0.2) is 5.38 Å². The van der Waals surface area contributed by atoms with Gasteiger partial charge in [-0.05, 0) is 6.26 Å². The summed E-state index contributed by atoms with van der Waals surface area (Å²) in [6.45, 7) is 0.934. The standard InChI is InChI=1S/C9H13ClN2OS2/c1-12(3-4-14-2)9-11-7(6-15-9)8(13)5-10/h6H,3-5H2,1-2H3. The number of carbonyl (C=O) groups excluding carboxylic acids is 1. The smallest absolute Gasteiger partial charge is 0.196 e. The number of hydrogen-bond acceptors (Lipinski definition) is 5. The molecule has 1 aromatic rings. The SMILES string of the molecule is CSCCN(C)c1nc(C(=O)CCl)cs1. The maximum absolute atomic E-state index is 11.3. The van der Waals surface area contributed by atoms with E-state index in [1.54, 1.807) is 17.1 Å². The molecule has 0 unspecified atom stereocenters. The normalized spacial score (nSPS) is 10.3. The number of carbonyl (C=O) groups is 1. The summed E-state index contributed by atoms with van der Waals surface area (Å²) in [4.78, 5) is 17.5. The molecule has 0 saturated carbocycles. The van der Waals surface area contributed by atoms with E-state index in [9.17, 15) is 4.79 Å². The highest BCUT2D eigenvalue weighted by Crippen LogP contribution is 2.19. The summed E-state index contributed by atoms with van der Waals surface area (Å²) in [5.41, 5.74) is 0.473. The molecule has 0 spiro atoms. The van der Waals surface area contributed by atoms with E-state index in [0.717, 1.165) is 17.4 Å². The lowest BCUT2D eigenvalue weighted by molar-refractivity contribution is 0.101. The number of nitrogens with zero attached hydrogens (tertiary/aromatic N) is 2. The third-order valence-corrected chi connectivity index (χ3v) is 3.64. The molecular weight excluding hydrogens is 252 g/mol. The first-order valence-corrected chi connectivity index (χ1v) is 7.24. The Morgan fingerprint density at radius 1 is 1.73 bits per heavy atom. The Balaban J connectivity index is 2.62. The summed E-state index contributed by atoms with van der Waals surface area (Å²) in [6.07, 6.45) is 2.07. The molecular formula is C9H13ClN2OS2. The number of anilines is 1. The van der Waals surface area contributed by atoms with Crippen molar-refractivity contribution in [3.05, 3.63) is 11.1 Å². The van der Waals surface area contributed by atoms with Crippen molar-refractivity contribution < 1.29 is 4.79 Å². The molecule has 0 aromatic carbocycles. The van der Waals surface area contributed by atoms with Gasteiger partial charge in [-0.1, -0.05) is 0 Å². The Hall–Kier alpha value is -0.260. The number of thiazole rings is 1. The molecule has 0 fully saturated rings. The van der Waals surface area contributed by atoms with E-state index in [0.29, 0.717) is 5.69 Å². The van der Waals surface area contributed by atoms with Crippen LogP contribution in [0.25, 0.3) is 0 Å². The topological polar surface area (TPSA) is 33.2 Å². The molecule has 1 heterocycles. The van der Waals surface area contributed by atoms with Crippen LogP contribution in [0.2, 0.25) is 0 Å². The van der Waals surface area contributed by atoms with Gasteiger partial charge in [-0.3, -0.25) is 4.79 Å². The van der Waals surface area contributed by atoms with Crippen molar-refractivity contribution in [1.29, 1.82) is 0 Å². The van der Waals surface area contributed by atoms with Gasteiger partial charge in [0.25, 0.3) is 0 Å². The zero-order valence-electron chi connectivity index (χ0n) is 8.70.